The molecule has 1 aromatic carbocycles. The van der Waals surface area contributed by atoms with Crippen LogP contribution in [0.4, 0.5) is 5.69 Å². The monoisotopic (exact) mass is 274 g/mol. The highest BCUT2D eigenvalue weighted by atomic mass is 16.5. The van der Waals surface area contributed by atoms with E-state index in [1.54, 1.807) is 0 Å². The number of amides is 1. The summed E-state index contributed by atoms with van der Waals surface area (Å²) < 4.78 is 5.35. The van der Waals surface area contributed by atoms with E-state index < -0.39 is 0 Å². The van der Waals surface area contributed by atoms with Gasteiger partial charge in [0.2, 0.25) is 5.91 Å². The third-order valence-electron chi connectivity index (χ3n) is 4.21. The van der Waals surface area contributed by atoms with Crippen molar-refractivity contribution < 1.29 is 9.53 Å². The zero-order valence-electron chi connectivity index (χ0n) is 11.8. The molecule has 0 bridgehead atoms. The average molecular weight is 274 g/mol. The molecule has 0 radical (unpaired) electrons. The fraction of sp³-hybridized carbons (Fsp3) is 0.562. The Bertz CT molecular complexity index is 448. The van der Waals surface area contributed by atoms with E-state index in [0.717, 1.165) is 51.4 Å². The lowest BCUT2D eigenvalue weighted by atomic mass is 9.85. The van der Waals surface area contributed by atoms with E-state index in [0.29, 0.717) is 0 Å². The first-order chi connectivity index (χ1) is 9.81. The van der Waals surface area contributed by atoms with Gasteiger partial charge in [0, 0.05) is 31.2 Å². The number of ether oxygens (including phenoxy) is 1. The molecule has 3 rings (SSSR count). The van der Waals surface area contributed by atoms with Crippen LogP contribution in [0.15, 0.2) is 24.3 Å². The summed E-state index contributed by atoms with van der Waals surface area (Å²) in [5.41, 5.74) is 2.20. The molecule has 1 saturated carbocycles. The molecule has 1 N–H and O–H groups in total. The van der Waals surface area contributed by atoms with Crippen LogP contribution in [-0.2, 0) is 16.1 Å². The third kappa shape index (κ3) is 3.38. The number of carbonyl (C=O) groups excluding carboxylic acids is 1. The molecule has 1 aliphatic heterocycles. The first-order valence-corrected chi connectivity index (χ1v) is 7.51. The topological polar surface area (TPSA) is 41.6 Å². The maximum Gasteiger partial charge on any atom is 0.227 e. The van der Waals surface area contributed by atoms with Gasteiger partial charge >= 0.3 is 0 Å². The molecule has 0 aromatic heterocycles. The predicted octanol–water partition coefficient (Wildman–Crippen LogP) is 2.26. The Hall–Kier alpha value is -1.39. The summed E-state index contributed by atoms with van der Waals surface area (Å²) >= 11 is 0. The summed E-state index contributed by atoms with van der Waals surface area (Å²) in [5.74, 6) is 0.417. The summed E-state index contributed by atoms with van der Waals surface area (Å²) in [4.78, 5) is 14.3. The van der Waals surface area contributed by atoms with Crippen molar-refractivity contribution in [1.29, 1.82) is 0 Å². The lowest BCUT2D eigenvalue weighted by molar-refractivity contribution is -0.122. The average Bonchev–Trinajstić information content (AvgIpc) is 2.40. The molecule has 108 valence electrons. The van der Waals surface area contributed by atoms with Crippen LogP contribution in [0.25, 0.3) is 0 Å². The highest BCUT2D eigenvalue weighted by molar-refractivity contribution is 5.92. The molecule has 1 amide bonds. The Labute approximate surface area is 120 Å². The minimum Gasteiger partial charge on any atom is -0.379 e. The lowest BCUT2D eigenvalue weighted by Gasteiger charge is -2.26. The summed E-state index contributed by atoms with van der Waals surface area (Å²) in [5, 5.41) is 3.00. The lowest BCUT2D eigenvalue weighted by Crippen LogP contribution is -2.35. The smallest absolute Gasteiger partial charge is 0.227 e. The second-order valence-corrected chi connectivity index (χ2v) is 5.70. The van der Waals surface area contributed by atoms with E-state index in [9.17, 15) is 4.79 Å². The number of nitrogens with zero attached hydrogens (tertiary/aromatic N) is 1. The highest BCUT2D eigenvalue weighted by Gasteiger charge is 2.25. The number of anilines is 1. The molecule has 4 nitrogen and oxygen atoms in total. The first-order valence-electron chi connectivity index (χ1n) is 7.51. The molecule has 0 spiro atoms. The van der Waals surface area contributed by atoms with Crippen molar-refractivity contribution in [1.82, 2.24) is 4.90 Å². The maximum atomic E-state index is 11.9. The summed E-state index contributed by atoms with van der Waals surface area (Å²) in [6.07, 6.45) is 3.28. The van der Waals surface area contributed by atoms with Crippen LogP contribution in [0.1, 0.15) is 24.8 Å². The minimum absolute atomic E-state index is 0.178. The second kappa shape index (κ2) is 6.37. The Morgan fingerprint density at radius 2 is 1.90 bits per heavy atom. The molecule has 2 fully saturated rings. The van der Waals surface area contributed by atoms with Gasteiger partial charge in [-0.2, -0.15) is 0 Å². The Kier molecular flexibility index (Phi) is 4.33. The SMILES string of the molecule is O=C(Nc1ccc(CN2CCOCC2)cc1)C1CCC1. The molecule has 1 aliphatic carbocycles. The van der Waals surface area contributed by atoms with Gasteiger partial charge in [-0.1, -0.05) is 18.6 Å². The van der Waals surface area contributed by atoms with E-state index in [2.05, 4.69) is 22.3 Å². The fourth-order valence-electron chi connectivity index (χ4n) is 2.63. The van der Waals surface area contributed by atoms with Gasteiger partial charge < -0.3 is 10.1 Å². The van der Waals surface area contributed by atoms with Gasteiger partial charge in [0.15, 0.2) is 0 Å². The van der Waals surface area contributed by atoms with Gasteiger partial charge in [-0.05, 0) is 30.5 Å². The molecule has 2 aliphatic rings. The standard InChI is InChI=1S/C16H22N2O2/c19-16(14-2-1-3-14)17-15-6-4-13(5-7-15)12-18-8-10-20-11-9-18/h4-7,14H,1-3,8-12H2,(H,17,19). The van der Waals surface area contributed by atoms with Crippen LogP contribution in [-0.4, -0.2) is 37.1 Å². The van der Waals surface area contributed by atoms with Gasteiger partial charge in [0.25, 0.3) is 0 Å². The summed E-state index contributed by atoms with van der Waals surface area (Å²) in [6, 6.07) is 8.22. The highest BCUT2D eigenvalue weighted by Crippen LogP contribution is 2.27. The van der Waals surface area contributed by atoms with Crippen molar-refractivity contribution in [2.45, 2.75) is 25.8 Å². The van der Waals surface area contributed by atoms with E-state index in [1.165, 1.54) is 12.0 Å². The van der Waals surface area contributed by atoms with Gasteiger partial charge in [-0.25, -0.2) is 0 Å². The molecular formula is C16H22N2O2. The summed E-state index contributed by atoms with van der Waals surface area (Å²) in [7, 11) is 0. The number of hydrogen-bond acceptors (Lipinski definition) is 3. The normalized spacial score (nSPS) is 20.4. The second-order valence-electron chi connectivity index (χ2n) is 5.70. The van der Waals surface area contributed by atoms with Crippen molar-refractivity contribution in [2.75, 3.05) is 31.6 Å². The van der Waals surface area contributed by atoms with E-state index in [1.807, 2.05) is 12.1 Å². The van der Waals surface area contributed by atoms with Crippen LogP contribution in [0, 0.1) is 5.92 Å². The number of benzene rings is 1. The van der Waals surface area contributed by atoms with Crippen molar-refractivity contribution in [2.24, 2.45) is 5.92 Å². The molecule has 1 aromatic rings. The molecule has 1 heterocycles. The number of carbonyl (C=O) groups is 1. The van der Waals surface area contributed by atoms with Gasteiger partial charge in [0.05, 0.1) is 13.2 Å². The molecule has 0 atom stereocenters. The van der Waals surface area contributed by atoms with E-state index >= 15 is 0 Å². The van der Waals surface area contributed by atoms with Crippen LogP contribution in [0.5, 0.6) is 0 Å². The summed E-state index contributed by atoms with van der Waals surface area (Å²) in [6.45, 7) is 4.62. The molecule has 4 heteroatoms. The first kappa shape index (κ1) is 13.6. The van der Waals surface area contributed by atoms with Gasteiger partial charge in [-0.15, -0.1) is 0 Å². The minimum atomic E-state index is 0.178. The van der Waals surface area contributed by atoms with Gasteiger partial charge in [-0.3, -0.25) is 9.69 Å². The number of rotatable bonds is 4. The zero-order valence-corrected chi connectivity index (χ0v) is 11.8. The number of nitrogens with one attached hydrogen (secondary N) is 1. The molecule has 20 heavy (non-hydrogen) atoms. The third-order valence-corrected chi connectivity index (χ3v) is 4.21. The Morgan fingerprint density at radius 1 is 1.20 bits per heavy atom. The maximum absolute atomic E-state index is 11.9. The predicted molar refractivity (Wildman–Crippen MR) is 78.5 cm³/mol. The van der Waals surface area contributed by atoms with E-state index in [-0.39, 0.29) is 11.8 Å². The van der Waals surface area contributed by atoms with E-state index in [4.69, 9.17) is 4.74 Å². The number of morpholine rings is 1. The number of hydrogen-bond donors (Lipinski definition) is 1. The quantitative estimate of drug-likeness (QED) is 0.915. The van der Waals surface area contributed by atoms with Crippen molar-refractivity contribution in [3.8, 4) is 0 Å². The largest absolute Gasteiger partial charge is 0.379 e. The van der Waals surface area contributed by atoms with Crippen molar-refractivity contribution in [3.63, 3.8) is 0 Å². The van der Waals surface area contributed by atoms with Crippen molar-refractivity contribution >= 4 is 11.6 Å². The fourth-order valence-corrected chi connectivity index (χ4v) is 2.63. The molecule has 0 unspecified atom stereocenters. The molecular weight excluding hydrogens is 252 g/mol. The van der Waals surface area contributed by atoms with Gasteiger partial charge in [0.1, 0.15) is 0 Å². The Morgan fingerprint density at radius 3 is 2.50 bits per heavy atom. The molecule has 1 saturated heterocycles. The zero-order chi connectivity index (χ0) is 13.8. The van der Waals surface area contributed by atoms with Crippen LogP contribution in [0.3, 0.4) is 0 Å². The Balaban J connectivity index is 1.52. The van der Waals surface area contributed by atoms with Crippen molar-refractivity contribution in [3.05, 3.63) is 29.8 Å². The van der Waals surface area contributed by atoms with Crippen LogP contribution >= 0.6 is 0 Å². The van der Waals surface area contributed by atoms with Crippen LogP contribution < -0.4 is 5.32 Å². The van der Waals surface area contributed by atoms with Crippen LogP contribution in [0.2, 0.25) is 0 Å².